The fourth-order valence-corrected chi connectivity index (χ4v) is 1.86. The Kier molecular flexibility index (Phi) is 6.50. The summed E-state index contributed by atoms with van der Waals surface area (Å²) in [7, 11) is 0. The maximum absolute atomic E-state index is 10.8. The van der Waals surface area contributed by atoms with Crippen LogP contribution in [0.25, 0.3) is 0 Å². The van der Waals surface area contributed by atoms with E-state index in [1.165, 1.54) is 6.07 Å². The molecule has 0 radical (unpaired) electrons. The van der Waals surface area contributed by atoms with Crippen molar-refractivity contribution in [1.29, 1.82) is 0 Å². The highest BCUT2D eigenvalue weighted by atomic mass is 79.9. The Balaban J connectivity index is 2.43. The van der Waals surface area contributed by atoms with E-state index in [4.69, 9.17) is 9.84 Å². The predicted molar refractivity (Wildman–Crippen MR) is 75.3 cm³/mol. The smallest absolute Gasteiger partial charge is 0.335 e. The molecule has 0 bridgehead atoms. The number of hydrogen-bond acceptors (Lipinski definition) is 2. The van der Waals surface area contributed by atoms with Gasteiger partial charge in [-0.1, -0.05) is 6.08 Å². The molecule has 0 fully saturated rings. The number of halogens is 1. The monoisotopic (exact) mass is 312 g/mol. The zero-order valence-electron chi connectivity index (χ0n) is 10.2. The van der Waals surface area contributed by atoms with E-state index in [0.717, 1.165) is 30.2 Å². The first-order chi connectivity index (χ1) is 8.65. The van der Waals surface area contributed by atoms with Crippen molar-refractivity contribution in [2.45, 2.75) is 25.7 Å². The molecule has 0 aliphatic rings. The van der Waals surface area contributed by atoms with E-state index in [2.05, 4.69) is 22.5 Å². The lowest BCUT2D eigenvalue weighted by Crippen LogP contribution is -2.01. The molecule has 0 unspecified atom stereocenters. The normalized spacial score (nSPS) is 10.1. The third-order valence-corrected chi connectivity index (χ3v) is 3.14. The van der Waals surface area contributed by atoms with E-state index in [9.17, 15) is 4.79 Å². The maximum Gasteiger partial charge on any atom is 0.335 e. The van der Waals surface area contributed by atoms with Crippen LogP contribution in [0.3, 0.4) is 0 Å². The Morgan fingerprint density at radius 3 is 2.83 bits per heavy atom. The second-order valence-corrected chi connectivity index (χ2v) is 4.79. The van der Waals surface area contributed by atoms with Gasteiger partial charge in [-0.15, -0.1) is 6.58 Å². The highest BCUT2D eigenvalue weighted by Gasteiger charge is 2.07. The molecule has 3 nitrogen and oxygen atoms in total. The average Bonchev–Trinajstić information content (AvgIpc) is 2.35. The largest absolute Gasteiger partial charge is 0.492 e. The lowest BCUT2D eigenvalue weighted by Gasteiger charge is -2.08. The van der Waals surface area contributed by atoms with Crippen molar-refractivity contribution in [3.63, 3.8) is 0 Å². The van der Waals surface area contributed by atoms with E-state index in [-0.39, 0.29) is 5.56 Å². The molecule has 0 aromatic heterocycles. The molecule has 1 N–H and O–H groups in total. The van der Waals surface area contributed by atoms with E-state index < -0.39 is 5.97 Å². The van der Waals surface area contributed by atoms with Crippen LogP contribution in [0.5, 0.6) is 5.75 Å². The minimum Gasteiger partial charge on any atom is -0.492 e. The van der Waals surface area contributed by atoms with Crippen molar-refractivity contribution < 1.29 is 14.6 Å². The van der Waals surface area contributed by atoms with Crippen LogP contribution in [-0.2, 0) is 0 Å². The molecule has 0 saturated heterocycles. The Morgan fingerprint density at radius 2 is 2.17 bits per heavy atom. The summed E-state index contributed by atoms with van der Waals surface area (Å²) in [6.45, 7) is 4.27. The number of aromatic carboxylic acids is 1. The Labute approximate surface area is 116 Å². The van der Waals surface area contributed by atoms with Gasteiger partial charge in [0.25, 0.3) is 0 Å². The second kappa shape index (κ2) is 7.93. The lowest BCUT2D eigenvalue weighted by atomic mass is 10.2. The van der Waals surface area contributed by atoms with Gasteiger partial charge in [-0.05, 0) is 59.8 Å². The van der Waals surface area contributed by atoms with Gasteiger partial charge < -0.3 is 9.84 Å². The van der Waals surface area contributed by atoms with Gasteiger partial charge in [-0.3, -0.25) is 0 Å². The second-order valence-electron chi connectivity index (χ2n) is 3.94. The van der Waals surface area contributed by atoms with Crippen LogP contribution in [0.15, 0.2) is 35.3 Å². The van der Waals surface area contributed by atoms with E-state index in [0.29, 0.717) is 12.4 Å². The minimum atomic E-state index is -0.946. The van der Waals surface area contributed by atoms with Crippen molar-refractivity contribution in [3.8, 4) is 5.75 Å². The number of allylic oxidation sites excluding steroid dienone is 1. The van der Waals surface area contributed by atoms with Gasteiger partial charge in [0.05, 0.1) is 16.6 Å². The van der Waals surface area contributed by atoms with Crippen LogP contribution >= 0.6 is 15.9 Å². The standard InChI is InChI=1S/C14H17BrO3/c1-2-3-4-5-6-9-18-13-10-11(14(16)17)7-8-12(13)15/h2,7-8,10H,1,3-6,9H2,(H,16,17). The number of carboxylic acid groups (broad SMARTS) is 1. The van der Waals surface area contributed by atoms with Gasteiger partial charge in [0.1, 0.15) is 5.75 Å². The molecule has 18 heavy (non-hydrogen) atoms. The van der Waals surface area contributed by atoms with Gasteiger partial charge >= 0.3 is 5.97 Å². The highest BCUT2D eigenvalue weighted by molar-refractivity contribution is 9.10. The first kappa shape index (κ1) is 14.8. The van der Waals surface area contributed by atoms with Gasteiger partial charge in [-0.25, -0.2) is 4.79 Å². The summed E-state index contributed by atoms with van der Waals surface area (Å²) in [6.07, 6.45) is 6.09. The molecule has 0 aliphatic heterocycles. The topological polar surface area (TPSA) is 46.5 Å². The Hall–Kier alpha value is -1.29. The summed E-state index contributed by atoms with van der Waals surface area (Å²) < 4.78 is 6.35. The summed E-state index contributed by atoms with van der Waals surface area (Å²) in [5, 5.41) is 8.89. The SMILES string of the molecule is C=CCCCCCOc1cc(C(=O)O)ccc1Br. The van der Waals surface area contributed by atoms with Crippen LogP contribution < -0.4 is 4.74 Å². The molecule has 4 heteroatoms. The molecule has 1 aromatic rings. The molecule has 0 spiro atoms. The van der Waals surface area contributed by atoms with Crippen molar-refractivity contribution in [2.24, 2.45) is 0 Å². The Bertz CT molecular complexity index is 416. The molecular formula is C14H17BrO3. The maximum atomic E-state index is 10.8. The van der Waals surface area contributed by atoms with Gasteiger partial charge in [-0.2, -0.15) is 0 Å². The van der Waals surface area contributed by atoms with Crippen LogP contribution in [0.4, 0.5) is 0 Å². The highest BCUT2D eigenvalue weighted by Crippen LogP contribution is 2.26. The molecule has 1 aromatic carbocycles. The van der Waals surface area contributed by atoms with E-state index >= 15 is 0 Å². The van der Waals surface area contributed by atoms with Gasteiger partial charge in [0, 0.05) is 0 Å². The number of carbonyl (C=O) groups is 1. The summed E-state index contributed by atoms with van der Waals surface area (Å²) in [6, 6.07) is 4.77. The van der Waals surface area contributed by atoms with Crippen LogP contribution in [-0.4, -0.2) is 17.7 Å². The van der Waals surface area contributed by atoms with Crippen LogP contribution in [0.1, 0.15) is 36.0 Å². The molecule has 98 valence electrons. The molecule has 0 atom stereocenters. The zero-order chi connectivity index (χ0) is 13.4. The van der Waals surface area contributed by atoms with Gasteiger partial charge in [0.15, 0.2) is 0 Å². The number of unbranched alkanes of at least 4 members (excludes halogenated alkanes) is 3. The fourth-order valence-electron chi connectivity index (χ4n) is 1.50. The predicted octanol–water partition coefficient (Wildman–Crippen LogP) is 4.27. The van der Waals surface area contributed by atoms with E-state index in [1.54, 1.807) is 12.1 Å². The fraction of sp³-hybridized carbons (Fsp3) is 0.357. The van der Waals surface area contributed by atoms with Crippen molar-refractivity contribution in [1.82, 2.24) is 0 Å². The number of carboxylic acids is 1. The number of ether oxygens (including phenoxy) is 1. The summed E-state index contributed by atoms with van der Waals surface area (Å²) in [5.41, 5.74) is 0.236. The van der Waals surface area contributed by atoms with Crippen molar-refractivity contribution in [2.75, 3.05) is 6.61 Å². The molecule has 0 saturated carbocycles. The lowest BCUT2D eigenvalue weighted by molar-refractivity contribution is 0.0696. The molecule has 0 heterocycles. The summed E-state index contributed by atoms with van der Waals surface area (Å²) in [5.74, 6) is -0.364. The molecule has 0 aliphatic carbocycles. The first-order valence-electron chi connectivity index (χ1n) is 5.91. The first-order valence-corrected chi connectivity index (χ1v) is 6.71. The minimum absolute atomic E-state index is 0.236. The van der Waals surface area contributed by atoms with Crippen molar-refractivity contribution in [3.05, 3.63) is 40.9 Å². The zero-order valence-corrected chi connectivity index (χ0v) is 11.8. The quantitative estimate of drug-likeness (QED) is 0.576. The molecule has 1 rings (SSSR count). The third-order valence-electron chi connectivity index (χ3n) is 2.49. The Morgan fingerprint density at radius 1 is 1.39 bits per heavy atom. The number of benzene rings is 1. The van der Waals surface area contributed by atoms with Crippen molar-refractivity contribution >= 4 is 21.9 Å². The third kappa shape index (κ3) is 4.92. The van der Waals surface area contributed by atoms with Gasteiger partial charge in [0.2, 0.25) is 0 Å². The average molecular weight is 313 g/mol. The van der Waals surface area contributed by atoms with E-state index in [1.807, 2.05) is 6.08 Å². The number of rotatable bonds is 8. The molecule has 0 amide bonds. The summed E-state index contributed by atoms with van der Waals surface area (Å²) >= 11 is 3.34. The molecular weight excluding hydrogens is 296 g/mol. The van der Waals surface area contributed by atoms with Crippen LogP contribution in [0.2, 0.25) is 0 Å². The number of hydrogen-bond donors (Lipinski definition) is 1. The summed E-state index contributed by atoms with van der Waals surface area (Å²) in [4.78, 5) is 10.8. The van der Waals surface area contributed by atoms with Crippen LogP contribution in [0, 0.1) is 0 Å².